The Morgan fingerprint density at radius 3 is 2.77 bits per heavy atom. The molecule has 3 heteroatoms. The molecule has 0 spiro atoms. The van der Waals surface area contributed by atoms with Gasteiger partial charge in [-0.2, -0.15) is 0 Å². The van der Waals surface area contributed by atoms with Crippen LogP contribution in [0.2, 0.25) is 0 Å². The molecule has 1 rings (SSSR count). The van der Waals surface area contributed by atoms with Gasteiger partial charge < -0.3 is 0 Å². The van der Waals surface area contributed by atoms with Crippen molar-refractivity contribution >= 4 is 5.91 Å². The summed E-state index contributed by atoms with van der Waals surface area (Å²) < 4.78 is 0. The fourth-order valence-electron chi connectivity index (χ4n) is 0.782. The molecule has 0 saturated heterocycles. The number of amides is 1. The number of carbonyl (C=O) groups excluding carboxylic acids is 1. The number of rotatable bonds is 4. The first-order valence-corrected chi connectivity index (χ1v) is 3.88. The molecular formula is C10H10NO2. The Bertz CT molecular complexity index is 282. The Balaban J connectivity index is 2.45. The van der Waals surface area contributed by atoms with E-state index < -0.39 is 0 Å². The van der Waals surface area contributed by atoms with E-state index in [0.717, 1.165) is 0 Å². The second kappa shape index (κ2) is 5.11. The molecule has 0 atom stereocenters. The lowest BCUT2D eigenvalue weighted by Gasteiger charge is -1.98. The van der Waals surface area contributed by atoms with Crippen LogP contribution in [0.15, 0.2) is 43.0 Å². The van der Waals surface area contributed by atoms with Gasteiger partial charge in [0, 0.05) is 5.56 Å². The molecular weight excluding hydrogens is 166 g/mol. The predicted octanol–water partition coefficient (Wildman–Crippen LogP) is 1.55. The number of nitrogens with zero attached hydrogens (tertiary/aromatic N) is 1. The molecule has 1 aromatic carbocycles. The molecule has 0 bridgehead atoms. The number of carbonyl (C=O) groups is 1. The Kier molecular flexibility index (Phi) is 3.73. The zero-order valence-electron chi connectivity index (χ0n) is 7.14. The highest BCUT2D eigenvalue weighted by Gasteiger charge is 2.04. The smallest absolute Gasteiger partial charge is 0.265 e. The average molecular weight is 176 g/mol. The summed E-state index contributed by atoms with van der Waals surface area (Å²) in [6.07, 6.45) is 1.53. The first-order valence-electron chi connectivity index (χ1n) is 3.88. The van der Waals surface area contributed by atoms with Crippen LogP contribution < -0.4 is 5.48 Å². The Hall–Kier alpha value is -1.61. The Morgan fingerprint density at radius 2 is 2.15 bits per heavy atom. The summed E-state index contributed by atoms with van der Waals surface area (Å²) in [5, 5.41) is 0. The van der Waals surface area contributed by atoms with Crippen molar-refractivity contribution in [2.45, 2.75) is 0 Å². The van der Waals surface area contributed by atoms with Crippen LogP contribution in [-0.4, -0.2) is 12.5 Å². The molecule has 0 aromatic heterocycles. The Morgan fingerprint density at radius 1 is 1.46 bits per heavy atom. The van der Waals surface area contributed by atoms with Gasteiger partial charge >= 0.3 is 0 Å². The second-order valence-electron chi connectivity index (χ2n) is 2.35. The third kappa shape index (κ3) is 3.09. The maximum absolute atomic E-state index is 11.2. The molecule has 1 amide bonds. The molecule has 0 aliphatic rings. The summed E-state index contributed by atoms with van der Waals surface area (Å²) in [6, 6.07) is 8.75. The SMILES string of the molecule is C=CCO[N]C(=O)c1ccccc1. The zero-order chi connectivity index (χ0) is 9.52. The highest BCUT2D eigenvalue weighted by atomic mass is 16.6. The van der Waals surface area contributed by atoms with Crippen molar-refractivity contribution in [2.24, 2.45) is 0 Å². The van der Waals surface area contributed by atoms with E-state index in [0.29, 0.717) is 5.56 Å². The van der Waals surface area contributed by atoms with Crippen LogP contribution in [0.1, 0.15) is 10.4 Å². The molecule has 0 fully saturated rings. The number of benzene rings is 1. The van der Waals surface area contributed by atoms with Crippen LogP contribution in [0, 0.1) is 0 Å². The van der Waals surface area contributed by atoms with Gasteiger partial charge in [0.05, 0.1) is 6.61 Å². The molecule has 1 aromatic rings. The van der Waals surface area contributed by atoms with E-state index in [1.165, 1.54) is 6.08 Å². The highest BCUT2D eigenvalue weighted by Crippen LogP contribution is 1.98. The first-order chi connectivity index (χ1) is 6.34. The van der Waals surface area contributed by atoms with Crippen molar-refractivity contribution in [1.82, 2.24) is 5.48 Å². The third-order valence-electron chi connectivity index (χ3n) is 1.36. The van der Waals surface area contributed by atoms with E-state index >= 15 is 0 Å². The van der Waals surface area contributed by atoms with Crippen LogP contribution in [0.4, 0.5) is 0 Å². The minimum atomic E-state index is -0.373. The van der Waals surface area contributed by atoms with Gasteiger partial charge in [-0.25, -0.2) is 4.84 Å². The van der Waals surface area contributed by atoms with Gasteiger partial charge in [-0.1, -0.05) is 29.8 Å². The first kappa shape index (κ1) is 9.48. The summed E-state index contributed by atoms with van der Waals surface area (Å²) in [5.41, 5.74) is 3.89. The summed E-state index contributed by atoms with van der Waals surface area (Å²) in [5.74, 6) is -0.373. The van der Waals surface area contributed by atoms with Crippen molar-refractivity contribution in [3.63, 3.8) is 0 Å². The van der Waals surface area contributed by atoms with Crippen LogP contribution in [0.3, 0.4) is 0 Å². The normalized spacial score (nSPS) is 9.23. The van der Waals surface area contributed by atoms with Gasteiger partial charge in [-0.05, 0) is 12.1 Å². The minimum Gasteiger partial charge on any atom is -0.265 e. The largest absolute Gasteiger partial charge is 0.299 e. The lowest BCUT2D eigenvalue weighted by Crippen LogP contribution is -2.16. The summed E-state index contributed by atoms with van der Waals surface area (Å²) in [7, 11) is 0. The highest BCUT2D eigenvalue weighted by molar-refractivity contribution is 5.93. The predicted molar refractivity (Wildman–Crippen MR) is 49.1 cm³/mol. The molecule has 0 aliphatic carbocycles. The van der Waals surface area contributed by atoms with E-state index in [2.05, 4.69) is 16.9 Å². The van der Waals surface area contributed by atoms with Crippen molar-refractivity contribution in [3.8, 4) is 0 Å². The van der Waals surface area contributed by atoms with Crippen LogP contribution in [0.5, 0.6) is 0 Å². The number of hydrogen-bond acceptors (Lipinski definition) is 2. The van der Waals surface area contributed by atoms with Gasteiger partial charge in [0.2, 0.25) is 0 Å². The van der Waals surface area contributed by atoms with E-state index in [1.807, 2.05) is 6.07 Å². The van der Waals surface area contributed by atoms with Crippen LogP contribution >= 0.6 is 0 Å². The van der Waals surface area contributed by atoms with Gasteiger partial charge in [-0.15, -0.1) is 6.58 Å². The fraction of sp³-hybridized carbons (Fsp3) is 0.100. The molecule has 0 N–H and O–H groups in total. The van der Waals surface area contributed by atoms with Gasteiger partial charge in [-0.3, -0.25) is 4.79 Å². The third-order valence-corrected chi connectivity index (χ3v) is 1.36. The monoisotopic (exact) mass is 176 g/mol. The number of hydrogen-bond donors (Lipinski definition) is 0. The second-order valence-corrected chi connectivity index (χ2v) is 2.35. The number of hydroxylamine groups is 1. The van der Waals surface area contributed by atoms with Gasteiger partial charge in [0.25, 0.3) is 5.91 Å². The van der Waals surface area contributed by atoms with E-state index in [4.69, 9.17) is 0 Å². The molecule has 13 heavy (non-hydrogen) atoms. The summed E-state index contributed by atoms with van der Waals surface area (Å²) in [6.45, 7) is 3.68. The molecule has 67 valence electrons. The summed E-state index contributed by atoms with van der Waals surface area (Å²) in [4.78, 5) is 15.8. The Labute approximate surface area is 77.0 Å². The fourth-order valence-corrected chi connectivity index (χ4v) is 0.782. The molecule has 0 unspecified atom stereocenters. The van der Waals surface area contributed by atoms with Gasteiger partial charge in [0.15, 0.2) is 0 Å². The van der Waals surface area contributed by atoms with Crippen molar-refractivity contribution < 1.29 is 9.63 Å². The molecule has 3 nitrogen and oxygen atoms in total. The molecule has 0 saturated carbocycles. The van der Waals surface area contributed by atoms with Crippen LogP contribution in [0.25, 0.3) is 0 Å². The topological polar surface area (TPSA) is 40.4 Å². The quantitative estimate of drug-likeness (QED) is 0.396. The molecule has 0 heterocycles. The van der Waals surface area contributed by atoms with Crippen LogP contribution in [-0.2, 0) is 4.84 Å². The zero-order valence-corrected chi connectivity index (χ0v) is 7.14. The lowest BCUT2D eigenvalue weighted by molar-refractivity contribution is 0.0376. The van der Waals surface area contributed by atoms with Crippen molar-refractivity contribution in [3.05, 3.63) is 48.6 Å². The molecule has 0 aliphatic heterocycles. The molecule has 1 radical (unpaired) electrons. The minimum absolute atomic E-state index is 0.249. The van der Waals surface area contributed by atoms with E-state index in [1.54, 1.807) is 24.3 Å². The van der Waals surface area contributed by atoms with Gasteiger partial charge in [0.1, 0.15) is 0 Å². The average Bonchev–Trinajstić information content (AvgIpc) is 2.19. The summed E-state index contributed by atoms with van der Waals surface area (Å²) >= 11 is 0. The van der Waals surface area contributed by atoms with E-state index in [9.17, 15) is 4.79 Å². The lowest BCUT2D eigenvalue weighted by atomic mass is 10.2. The van der Waals surface area contributed by atoms with E-state index in [-0.39, 0.29) is 12.5 Å². The standard InChI is InChI=1S/C10H10NO2/c1-2-8-13-11-10(12)9-6-4-3-5-7-9/h2-7H,1,8H2. The van der Waals surface area contributed by atoms with Crippen molar-refractivity contribution in [2.75, 3.05) is 6.61 Å². The maximum atomic E-state index is 11.2. The maximum Gasteiger partial charge on any atom is 0.299 e. The van der Waals surface area contributed by atoms with Crippen molar-refractivity contribution in [1.29, 1.82) is 0 Å².